The Balaban J connectivity index is 1.47. The SMILES string of the molecule is Cc1ccc(C)c(C(=O)N2CCN(S(=O)(=O)c3ccc4c(c3)CCC4)CC2)c1. The van der Waals surface area contributed by atoms with E-state index in [9.17, 15) is 13.2 Å². The standard InChI is InChI=1S/C22H26N2O3S/c1-16-6-7-17(2)21(14-16)22(25)23-10-12-24(13-11-23)28(26,27)20-9-8-18-4-3-5-19(18)15-20/h6-9,14-15H,3-5,10-13H2,1-2H3. The Labute approximate surface area is 167 Å². The number of carbonyl (C=O) groups is 1. The van der Waals surface area contributed by atoms with Gasteiger partial charge in [0.15, 0.2) is 0 Å². The van der Waals surface area contributed by atoms with Gasteiger partial charge in [-0.25, -0.2) is 8.42 Å². The highest BCUT2D eigenvalue weighted by molar-refractivity contribution is 7.89. The van der Waals surface area contributed by atoms with Gasteiger partial charge in [0.25, 0.3) is 5.91 Å². The third kappa shape index (κ3) is 3.47. The van der Waals surface area contributed by atoms with Crippen molar-refractivity contribution < 1.29 is 13.2 Å². The number of carbonyl (C=O) groups excluding carboxylic acids is 1. The number of rotatable bonds is 3. The number of amides is 1. The van der Waals surface area contributed by atoms with Gasteiger partial charge in [-0.1, -0.05) is 23.8 Å². The van der Waals surface area contributed by atoms with E-state index in [0.717, 1.165) is 36.0 Å². The average Bonchev–Trinajstić information content (AvgIpc) is 3.17. The molecule has 1 heterocycles. The molecule has 0 atom stereocenters. The van der Waals surface area contributed by atoms with Gasteiger partial charge in [-0.3, -0.25) is 4.79 Å². The predicted molar refractivity (Wildman–Crippen MR) is 109 cm³/mol. The number of benzene rings is 2. The molecule has 1 fully saturated rings. The Bertz CT molecular complexity index is 1020. The molecule has 148 valence electrons. The van der Waals surface area contributed by atoms with Gasteiger partial charge in [-0.2, -0.15) is 4.31 Å². The maximum Gasteiger partial charge on any atom is 0.254 e. The van der Waals surface area contributed by atoms with E-state index in [1.165, 1.54) is 9.87 Å². The Morgan fingerprint density at radius 1 is 0.893 bits per heavy atom. The van der Waals surface area contributed by atoms with Crippen LogP contribution in [0.4, 0.5) is 0 Å². The van der Waals surface area contributed by atoms with Gasteiger partial charge in [-0.05, 0) is 68.0 Å². The molecule has 1 aliphatic heterocycles. The van der Waals surface area contributed by atoms with Crippen LogP contribution in [-0.2, 0) is 22.9 Å². The number of fused-ring (bicyclic) bond motifs is 1. The summed E-state index contributed by atoms with van der Waals surface area (Å²) in [6.45, 7) is 5.39. The molecule has 0 bridgehead atoms. The fourth-order valence-electron chi connectivity index (χ4n) is 4.13. The zero-order chi connectivity index (χ0) is 19.9. The summed E-state index contributed by atoms with van der Waals surface area (Å²) in [5, 5.41) is 0. The van der Waals surface area contributed by atoms with E-state index < -0.39 is 10.0 Å². The van der Waals surface area contributed by atoms with E-state index in [-0.39, 0.29) is 5.91 Å². The largest absolute Gasteiger partial charge is 0.336 e. The van der Waals surface area contributed by atoms with E-state index >= 15 is 0 Å². The summed E-state index contributed by atoms with van der Waals surface area (Å²) in [5.74, 6) is -0.0178. The number of hydrogen-bond acceptors (Lipinski definition) is 3. The monoisotopic (exact) mass is 398 g/mol. The van der Waals surface area contributed by atoms with Crippen LogP contribution >= 0.6 is 0 Å². The van der Waals surface area contributed by atoms with Crippen molar-refractivity contribution in [3.05, 3.63) is 64.2 Å². The lowest BCUT2D eigenvalue weighted by Gasteiger charge is -2.34. The zero-order valence-corrected chi connectivity index (χ0v) is 17.3. The molecule has 28 heavy (non-hydrogen) atoms. The van der Waals surface area contributed by atoms with Gasteiger partial charge in [0.2, 0.25) is 10.0 Å². The van der Waals surface area contributed by atoms with Gasteiger partial charge in [-0.15, -0.1) is 0 Å². The van der Waals surface area contributed by atoms with Crippen LogP contribution in [0.5, 0.6) is 0 Å². The van der Waals surface area contributed by atoms with Crippen LogP contribution in [-0.4, -0.2) is 49.7 Å². The summed E-state index contributed by atoms with van der Waals surface area (Å²) in [5.41, 5.74) is 5.12. The number of hydrogen-bond donors (Lipinski definition) is 0. The average molecular weight is 399 g/mol. The highest BCUT2D eigenvalue weighted by atomic mass is 32.2. The summed E-state index contributed by atoms with van der Waals surface area (Å²) in [7, 11) is -3.52. The van der Waals surface area contributed by atoms with Gasteiger partial charge in [0, 0.05) is 31.7 Å². The van der Waals surface area contributed by atoms with Crippen molar-refractivity contribution in [3.8, 4) is 0 Å². The number of aryl methyl sites for hydroxylation is 4. The number of sulfonamides is 1. The summed E-state index contributed by atoms with van der Waals surface area (Å²) < 4.78 is 27.6. The fraction of sp³-hybridized carbons (Fsp3) is 0.409. The van der Waals surface area contributed by atoms with E-state index in [1.54, 1.807) is 11.0 Å². The quantitative estimate of drug-likeness (QED) is 0.799. The molecule has 6 heteroatoms. The molecule has 1 amide bonds. The first-order valence-electron chi connectivity index (χ1n) is 9.85. The maximum absolute atomic E-state index is 13.1. The van der Waals surface area contributed by atoms with Gasteiger partial charge < -0.3 is 4.90 Å². The van der Waals surface area contributed by atoms with Crippen molar-refractivity contribution in [3.63, 3.8) is 0 Å². The lowest BCUT2D eigenvalue weighted by molar-refractivity contribution is 0.0697. The van der Waals surface area contributed by atoms with Gasteiger partial charge in [0.1, 0.15) is 0 Å². The Morgan fingerprint density at radius 3 is 2.36 bits per heavy atom. The molecule has 5 nitrogen and oxygen atoms in total. The van der Waals surface area contributed by atoms with Gasteiger partial charge >= 0.3 is 0 Å². The molecule has 1 saturated heterocycles. The molecular weight excluding hydrogens is 372 g/mol. The van der Waals surface area contributed by atoms with Crippen LogP contribution in [0.3, 0.4) is 0 Å². The van der Waals surface area contributed by atoms with Gasteiger partial charge in [0.05, 0.1) is 4.90 Å². The lowest BCUT2D eigenvalue weighted by Crippen LogP contribution is -2.50. The van der Waals surface area contributed by atoms with Crippen molar-refractivity contribution in [1.29, 1.82) is 0 Å². The minimum Gasteiger partial charge on any atom is -0.336 e. The molecule has 1 aliphatic carbocycles. The topological polar surface area (TPSA) is 57.7 Å². The minimum absolute atomic E-state index is 0.0178. The second-order valence-electron chi connectivity index (χ2n) is 7.80. The van der Waals surface area contributed by atoms with Crippen molar-refractivity contribution in [2.45, 2.75) is 38.0 Å². The highest BCUT2D eigenvalue weighted by Gasteiger charge is 2.31. The maximum atomic E-state index is 13.1. The molecule has 2 aromatic carbocycles. The second kappa shape index (κ2) is 7.33. The molecule has 0 radical (unpaired) electrons. The zero-order valence-electron chi connectivity index (χ0n) is 16.4. The van der Waals surface area contributed by atoms with E-state index in [2.05, 4.69) is 0 Å². The van der Waals surface area contributed by atoms with Crippen LogP contribution in [0, 0.1) is 13.8 Å². The number of nitrogens with zero attached hydrogens (tertiary/aromatic N) is 2. The molecule has 0 spiro atoms. The first-order valence-corrected chi connectivity index (χ1v) is 11.3. The molecule has 2 aliphatic rings. The van der Waals surface area contributed by atoms with E-state index in [0.29, 0.717) is 36.6 Å². The first kappa shape index (κ1) is 19.2. The summed E-state index contributed by atoms with van der Waals surface area (Å²) in [6.07, 6.45) is 3.09. The van der Waals surface area contributed by atoms with E-state index in [1.807, 2.05) is 44.2 Å². The van der Waals surface area contributed by atoms with Crippen LogP contribution in [0.1, 0.15) is 39.0 Å². The predicted octanol–water partition coefficient (Wildman–Crippen LogP) is 2.94. The van der Waals surface area contributed by atoms with Crippen LogP contribution in [0.15, 0.2) is 41.3 Å². The number of piperazine rings is 1. The van der Waals surface area contributed by atoms with Crippen molar-refractivity contribution >= 4 is 15.9 Å². The van der Waals surface area contributed by atoms with E-state index in [4.69, 9.17) is 0 Å². The van der Waals surface area contributed by atoms with Crippen molar-refractivity contribution in [2.24, 2.45) is 0 Å². The highest BCUT2D eigenvalue weighted by Crippen LogP contribution is 2.27. The Hall–Kier alpha value is -2.18. The minimum atomic E-state index is -3.52. The Morgan fingerprint density at radius 2 is 1.61 bits per heavy atom. The second-order valence-corrected chi connectivity index (χ2v) is 9.74. The first-order chi connectivity index (χ1) is 13.4. The molecule has 0 unspecified atom stereocenters. The molecule has 0 saturated carbocycles. The lowest BCUT2D eigenvalue weighted by atomic mass is 10.0. The van der Waals surface area contributed by atoms with Crippen molar-refractivity contribution in [1.82, 2.24) is 9.21 Å². The fourth-order valence-corrected chi connectivity index (χ4v) is 5.60. The third-order valence-corrected chi connectivity index (χ3v) is 7.75. The molecule has 2 aromatic rings. The van der Waals surface area contributed by atoms with Crippen molar-refractivity contribution in [2.75, 3.05) is 26.2 Å². The third-order valence-electron chi connectivity index (χ3n) is 5.86. The Kier molecular flexibility index (Phi) is 5.02. The normalized spacial score (nSPS) is 17.6. The van der Waals surface area contributed by atoms with Crippen LogP contribution in [0.25, 0.3) is 0 Å². The summed E-state index contributed by atoms with van der Waals surface area (Å²) >= 11 is 0. The smallest absolute Gasteiger partial charge is 0.254 e. The molecule has 4 rings (SSSR count). The molecule has 0 aromatic heterocycles. The molecule has 0 N–H and O–H groups in total. The van der Waals surface area contributed by atoms with Crippen LogP contribution in [0.2, 0.25) is 0 Å². The molecular formula is C22H26N2O3S. The summed E-state index contributed by atoms with van der Waals surface area (Å²) in [6, 6.07) is 11.4. The summed E-state index contributed by atoms with van der Waals surface area (Å²) in [4.78, 5) is 15.0. The van der Waals surface area contributed by atoms with Crippen LogP contribution < -0.4 is 0 Å².